The standard InChI is InChI=1S/C29H32F3N5O2S.2ClH/c1-39-24-15-23-25(14-20(24)28(38)34-10-3-11-36-12-7-17(30)8-13-36)40-29-35-22(16-37(23)29)19-6-5-18(26(31)27(19)32)21-4-2-9-33-21;;/h5-6,14-17,21,33H,2-4,7-13H2,1H3,(H,34,38);2*1H. The Morgan fingerprint density at radius 2 is 1.95 bits per heavy atom. The first-order valence-corrected chi connectivity index (χ1v) is 14.6. The van der Waals surface area contributed by atoms with Gasteiger partial charge in [0.1, 0.15) is 11.9 Å². The summed E-state index contributed by atoms with van der Waals surface area (Å²) in [6.07, 6.45) is 4.64. The van der Waals surface area contributed by atoms with Crippen LogP contribution in [-0.2, 0) is 0 Å². The van der Waals surface area contributed by atoms with Crippen LogP contribution in [0.3, 0.4) is 0 Å². The Labute approximate surface area is 258 Å². The topological polar surface area (TPSA) is 70.9 Å². The molecule has 2 N–H and O–H groups in total. The highest BCUT2D eigenvalue weighted by Crippen LogP contribution is 2.36. The van der Waals surface area contributed by atoms with Crippen LogP contribution in [-0.4, -0.2) is 66.2 Å². The molecule has 4 heterocycles. The van der Waals surface area contributed by atoms with E-state index in [0.717, 1.165) is 55.7 Å². The molecule has 2 aromatic heterocycles. The Balaban J connectivity index is 0.00000202. The Morgan fingerprint density at radius 1 is 1.17 bits per heavy atom. The van der Waals surface area contributed by atoms with E-state index in [2.05, 4.69) is 20.5 Å². The van der Waals surface area contributed by atoms with Crippen LogP contribution in [0, 0.1) is 11.6 Å². The van der Waals surface area contributed by atoms with Crippen LogP contribution in [0.1, 0.15) is 54.1 Å². The molecule has 1 amide bonds. The average Bonchev–Trinajstić information content (AvgIpc) is 3.70. The number of benzene rings is 2. The number of hydrogen-bond donors (Lipinski definition) is 2. The highest BCUT2D eigenvalue weighted by atomic mass is 35.5. The first kappa shape index (κ1) is 32.3. The summed E-state index contributed by atoms with van der Waals surface area (Å²) in [7, 11) is 1.51. The van der Waals surface area contributed by atoms with Crippen molar-refractivity contribution in [2.75, 3.05) is 39.8 Å². The van der Waals surface area contributed by atoms with Gasteiger partial charge in [-0.25, -0.2) is 18.2 Å². The van der Waals surface area contributed by atoms with E-state index in [1.807, 2.05) is 4.40 Å². The third-order valence-electron chi connectivity index (χ3n) is 7.94. The third kappa shape index (κ3) is 6.35. The van der Waals surface area contributed by atoms with Gasteiger partial charge in [0.25, 0.3) is 5.91 Å². The van der Waals surface area contributed by atoms with Gasteiger partial charge in [0.15, 0.2) is 16.6 Å². The lowest BCUT2D eigenvalue weighted by Crippen LogP contribution is -2.36. The molecule has 1 atom stereocenters. The summed E-state index contributed by atoms with van der Waals surface area (Å²) < 4.78 is 51.6. The Kier molecular flexibility index (Phi) is 10.6. The summed E-state index contributed by atoms with van der Waals surface area (Å²) in [4.78, 5) is 20.4. The molecule has 0 spiro atoms. The zero-order valence-corrected chi connectivity index (χ0v) is 25.6. The molecule has 1 unspecified atom stereocenters. The molecule has 13 heteroatoms. The molecule has 42 heavy (non-hydrogen) atoms. The van der Waals surface area contributed by atoms with E-state index in [9.17, 15) is 13.6 Å². The molecule has 0 radical (unpaired) electrons. The zero-order chi connectivity index (χ0) is 27.8. The van der Waals surface area contributed by atoms with Crippen LogP contribution in [0.2, 0.25) is 0 Å². The van der Waals surface area contributed by atoms with Crippen LogP contribution >= 0.6 is 36.2 Å². The molecule has 2 aromatic carbocycles. The van der Waals surface area contributed by atoms with E-state index in [0.29, 0.717) is 46.9 Å². The van der Waals surface area contributed by atoms with Crippen molar-refractivity contribution in [1.82, 2.24) is 24.9 Å². The Bertz CT molecular complexity index is 1550. The molecule has 6 rings (SSSR count). The molecule has 2 fully saturated rings. The average molecular weight is 645 g/mol. The summed E-state index contributed by atoms with van der Waals surface area (Å²) in [5.41, 5.74) is 1.98. The summed E-state index contributed by atoms with van der Waals surface area (Å²) in [5.74, 6) is -1.55. The van der Waals surface area contributed by atoms with Crippen molar-refractivity contribution in [3.63, 3.8) is 0 Å². The van der Waals surface area contributed by atoms with Gasteiger partial charge >= 0.3 is 0 Å². The number of likely N-dealkylation sites (tertiary alicyclic amines) is 1. The fourth-order valence-corrected chi connectivity index (χ4v) is 6.74. The van der Waals surface area contributed by atoms with Crippen LogP contribution in [0.5, 0.6) is 5.75 Å². The molecule has 2 aliphatic rings. The highest BCUT2D eigenvalue weighted by molar-refractivity contribution is 7.23. The quantitative estimate of drug-likeness (QED) is 0.220. The maximum atomic E-state index is 15.1. The van der Waals surface area contributed by atoms with Crippen molar-refractivity contribution in [3.05, 3.63) is 53.2 Å². The molecule has 0 saturated carbocycles. The molecule has 2 aliphatic heterocycles. The molecular formula is C29H34Cl2F3N5O2S. The normalized spacial score (nSPS) is 17.8. The fraction of sp³-hybridized carbons (Fsp3) is 0.448. The number of alkyl halides is 1. The molecule has 4 aromatic rings. The van der Waals surface area contributed by atoms with Gasteiger partial charge in [0.2, 0.25) is 0 Å². The van der Waals surface area contributed by atoms with Crippen molar-refractivity contribution in [1.29, 1.82) is 0 Å². The van der Waals surface area contributed by atoms with Crippen molar-refractivity contribution < 1.29 is 22.7 Å². The number of nitrogens with one attached hydrogen (secondary N) is 2. The van der Waals surface area contributed by atoms with Crippen LogP contribution in [0.25, 0.3) is 26.4 Å². The zero-order valence-electron chi connectivity index (χ0n) is 23.1. The number of amides is 1. The van der Waals surface area contributed by atoms with Crippen molar-refractivity contribution >= 4 is 57.2 Å². The number of aromatic nitrogens is 2. The lowest BCUT2D eigenvalue weighted by molar-refractivity contribution is 0.0947. The number of methoxy groups -OCH3 is 1. The molecular weight excluding hydrogens is 610 g/mol. The van der Waals surface area contributed by atoms with E-state index in [4.69, 9.17) is 4.74 Å². The second-order valence-electron chi connectivity index (χ2n) is 10.5. The van der Waals surface area contributed by atoms with Gasteiger partial charge in [0.05, 0.1) is 28.6 Å². The predicted molar refractivity (Wildman–Crippen MR) is 164 cm³/mol. The van der Waals surface area contributed by atoms with E-state index < -0.39 is 17.8 Å². The number of halogens is 5. The minimum absolute atomic E-state index is 0. The van der Waals surface area contributed by atoms with E-state index >= 15 is 4.39 Å². The second-order valence-corrected chi connectivity index (χ2v) is 11.5. The van der Waals surface area contributed by atoms with Gasteiger partial charge in [-0.05, 0) is 57.3 Å². The lowest BCUT2D eigenvalue weighted by Gasteiger charge is -2.28. The minimum Gasteiger partial charge on any atom is -0.496 e. The smallest absolute Gasteiger partial charge is 0.255 e. The van der Waals surface area contributed by atoms with Crippen LogP contribution in [0.15, 0.2) is 30.5 Å². The van der Waals surface area contributed by atoms with Crippen LogP contribution in [0.4, 0.5) is 13.2 Å². The molecule has 2 saturated heterocycles. The molecule has 7 nitrogen and oxygen atoms in total. The number of nitrogens with zero attached hydrogens (tertiary/aromatic N) is 3. The number of carbonyl (C=O) groups excluding carboxylic acids is 1. The van der Waals surface area contributed by atoms with Gasteiger partial charge in [-0.2, -0.15) is 0 Å². The van der Waals surface area contributed by atoms with Crippen LogP contribution < -0.4 is 15.4 Å². The predicted octanol–water partition coefficient (Wildman–Crippen LogP) is 6.32. The summed E-state index contributed by atoms with van der Waals surface area (Å²) in [5, 5.41) is 6.17. The molecule has 0 aliphatic carbocycles. The highest BCUT2D eigenvalue weighted by Gasteiger charge is 2.25. The summed E-state index contributed by atoms with van der Waals surface area (Å²) in [6, 6.07) is 6.61. The van der Waals surface area contributed by atoms with Crippen molar-refractivity contribution in [3.8, 4) is 17.0 Å². The first-order chi connectivity index (χ1) is 19.4. The number of carbonyl (C=O) groups is 1. The monoisotopic (exact) mass is 643 g/mol. The number of hydrogen-bond acceptors (Lipinski definition) is 6. The second kappa shape index (κ2) is 13.8. The number of thiazole rings is 1. The van der Waals surface area contributed by atoms with Gasteiger partial charge in [-0.1, -0.05) is 17.4 Å². The van der Waals surface area contributed by atoms with Crippen molar-refractivity contribution in [2.45, 2.75) is 44.3 Å². The largest absolute Gasteiger partial charge is 0.496 e. The SMILES string of the molecule is COc1cc2c(cc1C(=O)NCCCN1CCC(F)CC1)sc1nc(-c3ccc(C4CCCN4)c(F)c3F)cn12.Cl.Cl. The third-order valence-corrected chi connectivity index (χ3v) is 8.96. The van der Waals surface area contributed by atoms with Gasteiger partial charge < -0.3 is 20.3 Å². The lowest BCUT2D eigenvalue weighted by atomic mass is 10.0. The minimum atomic E-state index is -0.898. The molecule has 228 valence electrons. The van der Waals surface area contributed by atoms with Crippen molar-refractivity contribution in [2.24, 2.45) is 0 Å². The maximum Gasteiger partial charge on any atom is 0.255 e. The van der Waals surface area contributed by atoms with Gasteiger partial charge in [-0.3, -0.25) is 9.20 Å². The number of imidazole rings is 1. The number of fused-ring (bicyclic) bond motifs is 3. The molecule has 0 bridgehead atoms. The maximum absolute atomic E-state index is 15.1. The van der Waals surface area contributed by atoms with E-state index in [-0.39, 0.29) is 42.3 Å². The number of rotatable bonds is 8. The fourth-order valence-electron chi connectivity index (χ4n) is 5.71. The van der Waals surface area contributed by atoms with Gasteiger partial charge in [-0.15, -0.1) is 24.8 Å². The summed E-state index contributed by atoms with van der Waals surface area (Å²) in [6.45, 7) is 3.63. The number of piperidine rings is 1. The Hall–Kier alpha value is -2.57. The van der Waals surface area contributed by atoms with Gasteiger partial charge in [0, 0.05) is 49.1 Å². The van der Waals surface area contributed by atoms with E-state index in [1.54, 1.807) is 30.5 Å². The summed E-state index contributed by atoms with van der Waals surface area (Å²) >= 11 is 1.36. The van der Waals surface area contributed by atoms with E-state index in [1.165, 1.54) is 18.4 Å². The Morgan fingerprint density at radius 3 is 2.67 bits per heavy atom. The first-order valence-electron chi connectivity index (χ1n) is 13.8. The number of ether oxygens (including phenoxy) is 1.